The van der Waals surface area contributed by atoms with Crippen molar-refractivity contribution in [3.63, 3.8) is 0 Å². The summed E-state index contributed by atoms with van der Waals surface area (Å²) in [6.07, 6.45) is 0.713. The summed E-state index contributed by atoms with van der Waals surface area (Å²) >= 11 is 0. The van der Waals surface area contributed by atoms with Crippen LogP contribution in [0.5, 0.6) is 0 Å². The number of halogens is 1. The van der Waals surface area contributed by atoms with Crippen LogP contribution >= 0.6 is 0 Å². The topological polar surface area (TPSA) is 9.23 Å². The van der Waals surface area contributed by atoms with Crippen molar-refractivity contribution >= 4 is 0 Å². The maximum Gasteiger partial charge on any atom is 0.129 e. The van der Waals surface area contributed by atoms with Gasteiger partial charge in [0.2, 0.25) is 0 Å². The lowest BCUT2D eigenvalue weighted by atomic mass is 10.4. The predicted molar refractivity (Wildman–Crippen MR) is 20.0 cm³/mol. The van der Waals surface area contributed by atoms with Crippen LogP contribution in [0, 0.1) is 6.42 Å². The van der Waals surface area contributed by atoms with E-state index in [0.717, 1.165) is 0 Å². The Balaban J connectivity index is 2.18. The molecular formula is C4H6FO. The standard InChI is InChI=1S/C4H6FO/c5-4-1-2-6-3-4/h1,4H,2-3H2. The molecule has 1 fully saturated rings. The van der Waals surface area contributed by atoms with E-state index in [4.69, 9.17) is 0 Å². The molecule has 1 heterocycles. The molecule has 0 amide bonds. The Kier molecular flexibility index (Phi) is 1.05. The SMILES string of the molecule is FC1[CH]COC1. The highest BCUT2D eigenvalue weighted by Crippen LogP contribution is 2.04. The van der Waals surface area contributed by atoms with Crippen molar-refractivity contribution < 1.29 is 9.13 Å². The van der Waals surface area contributed by atoms with Gasteiger partial charge in [-0.3, -0.25) is 0 Å². The van der Waals surface area contributed by atoms with Crippen molar-refractivity contribution in [1.82, 2.24) is 0 Å². The first-order valence-corrected chi connectivity index (χ1v) is 1.95. The van der Waals surface area contributed by atoms with Crippen molar-refractivity contribution in [2.75, 3.05) is 13.2 Å². The summed E-state index contributed by atoms with van der Waals surface area (Å²) in [5.41, 5.74) is 0. The lowest BCUT2D eigenvalue weighted by Crippen LogP contribution is -1.95. The first kappa shape index (κ1) is 4.06. The largest absolute Gasteiger partial charge is 0.378 e. The number of hydrogen-bond acceptors (Lipinski definition) is 1. The van der Waals surface area contributed by atoms with Crippen molar-refractivity contribution in [2.45, 2.75) is 6.17 Å². The first-order chi connectivity index (χ1) is 2.89. The summed E-state index contributed by atoms with van der Waals surface area (Å²) in [7, 11) is 0. The quantitative estimate of drug-likeness (QED) is 0.421. The highest BCUT2D eigenvalue weighted by Gasteiger charge is 2.12. The van der Waals surface area contributed by atoms with Crippen molar-refractivity contribution in [3.05, 3.63) is 6.42 Å². The van der Waals surface area contributed by atoms with E-state index in [2.05, 4.69) is 4.74 Å². The fourth-order valence-electron chi connectivity index (χ4n) is 0.421. The van der Waals surface area contributed by atoms with Gasteiger partial charge >= 0.3 is 0 Å². The van der Waals surface area contributed by atoms with Gasteiger partial charge in [0.1, 0.15) is 6.17 Å². The van der Waals surface area contributed by atoms with Crippen LogP contribution in [0.1, 0.15) is 0 Å². The average Bonchev–Trinajstić information content (AvgIpc) is 1.86. The van der Waals surface area contributed by atoms with Gasteiger partial charge in [0.25, 0.3) is 0 Å². The molecule has 1 nitrogen and oxygen atoms in total. The zero-order valence-corrected chi connectivity index (χ0v) is 3.36. The Labute approximate surface area is 36.1 Å². The Hall–Kier alpha value is -0.110. The molecule has 35 valence electrons. The van der Waals surface area contributed by atoms with Crippen LogP contribution in [0.25, 0.3) is 0 Å². The summed E-state index contributed by atoms with van der Waals surface area (Å²) in [4.78, 5) is 0. The summed E-state index contributed by atoms with van der Waals surface area (Å²) in [5, 5.41) is 0. The van der Waals surface area contributed by atoms with Crippen LogP contribution in [0.15, 0.2) is 0 Å². The van der Waals surface area contributed by atoms with Gasteiger partial charge < -0.3 is 4.74 Å². The minimum atomic E-state index is -0.801. The molecule has 1 aliphatic rings. The van der Waals surface area contributed by atoms with Crippen molar-refractivity contribution in [2.24, 2.45) is 0 Å². The molecule has 1 aliphatic heterocycles. The normalized spacial score (nSPS) is 34.5. The second-order valence-corrected chi connectivity index (χ2v) is 1.29. The maximum absolute atomic E-state index is 11.7. The number of ether oxygens (including phenoxy) is 1. The van der Waals surface area contributed by atoms with E-state index in [0.29, 0.717) is 6.61 Å². The molecule has 0 aromatic carbocycles. The fourth-order valence-corrected chi connectivity index (χ4v) is 0.421. The number of alkyl halides is 1. The molecular weight excluding hydrogens is 83.0 g/mol. The second kappa shape index (κ2) is 1.56. The van der Waals surface area contributed by atoms with E-state index >= 15 is 0 Å². The second-order valence-electron chi connectivity index (χ2n) is 1.29. The van der Waals surface area contributed by atoms with Gasteiger partial charge in [0.15, 0.2) is 0 Å². The van der Waals surface area contributed by atoms with Crippen molar-refractivity contribution in [1.29, 1.82) is 0 Å². The molecule has 1 atom stereocenters. The Morgan fingerprint density at radius 3 is 2.83 bits per heavy atom. The summed E-state index contributed by atoms with van der Waals surface area (Å²) in [6, 6.07) is 0. The van der Waals surface area contributed by atoms with Gasteiger partial charge in [-0.1, -0.05) is 0 Å². The van der Waals surface area contributed by atoms with Gasteiger partial charge in [-0.25, -0.2) is 4.39 Å². The van der Waals surface area contributed by atoms with Crippen molar-refractivity contribution in [3.8, 4) is 0 Å². The molecule has 0 spiro atoms. The molecule has 0 aromatic rings. The zero-order chi connectivity index (χ0) is 4.41. The van der Waals surface area contributed by atoms with Gasteiger partial charge in [0, 0.05) is 6.42 Å². The van der Waals surface area contributed by atoms with Crippen LogP contribution in [0.3, 0.4) is 0 Å². The minimum absolute atomic E-state index is 0.264. The van der Waals surface area contributed by atoms with E-state index in [1.165, 1.54) is 6.42 Å². The van der Waals surface area contributed by atoms with Crippen LogP contribution < -0.4 is 0 Å². The molecule has 6 heavy (non-hydrogen) atoms. The average molecular weight is 89.1 g/mol. The molecule has 0 saturated carbocycles. The van der Waals surface area contributed by atoms with Crippen LogP contribution in [-0.4, -0.2) is 19.4 Å². The molecule has 0 bridgehead atoms. The van der Waals surface area contributed by atoms with Crippen LogP contribution in [0.2, 0.25) is 0 Å². The Bertz CT molecular complexity index is 40.8. The third-order valence-electron chi connectivity index (χ3n) is 0.747. The van der Waals surface area contributed by atoms with E-state index in [9.17, 15) is 4.39 Å². The zero-order valence-electron chi connectivity index (χ0n) is 3.36. The third-order valence-corrected chi connectivity index (χ3v) is 0.747. The fraction of sp³-hybridized carbons (Fsp3) is 0.750. The van der Waals surface area contributed by atoms with Gasteiger partial charge in [-0.2, -0.15) is 0 Å². The maximum atomic E-state index is 11.7. The minimum Gasteiger partial charge on any atom is -0.378 e. The summed E-state index contributed by atoms with van der Waals surface area (Å²) in [6.45, 7) is 0.751. The molecule has 1 rings (SSSR count). The van der Waals surface area contributed by atoms with E-state index < -0.39 is 6.17 Å². The van der Waals surface area contributed by atoms with Crippen LogP contribution in [-0.2, 0) is 4.74 Å². The highest BCUT2D eigenvalue weighted by molar-refractivity contribution is 4.80. The first-order valence-electron chi connectivity index (χ1n) is 1.95. The number of hydrogen-bond donors (Lipinski definition) is 0. The Morgan fingerprint density at radius 1 is 1.83 bits per heavy atom. The van der Waals surface area contributed by atoms with Gasteiger partial charge in [-0.05, 0) is 0 Å². The molecule has 1 saturated heterocycles. The third kappa shape index (κ3) is 0.684. The highest BCUT2D eigenvalue weighted by atomic mass is 19.1. The predicted octanol–water partition coefficient (Wildman–Crippen LogP) is 0.559. The molecule has 1 radical (unpaired) electrons. The lowest BCUT2D eigenvalue weighted by molar-refractivity contribution is 0.173. The smallest absolute Gasteiger partial charge is 0.129 e. The Morgan fingerprint density at radius 2 is 2.67 bits per heavy atom. The monoisotopic (exact) mass is 89.0 g/mol. The summed E-state index contributed by atoms with van der Waals surface area (Å²) in [5.74, 6) is 0. The summed E-state index contributed by atoms with van der Waals surface area (Å²) < 4.78 is 16.4. The van der Waals surface area contributed by atoms with Gasteiger partial charge in [0.05, 0.1) is 13.2 Å². The molecule has 0 aromatic heterocycles. The molecule has 0 N–H and O–H groups in total. The van der Waals surface area contributed by atoms with E-state index in [1.807, 2.05) is 0 Å². The van der Waals surface area contributed by atoms with Gasteiger partial charge in [-0.15, -0.1) is 0 Å². The molecule has 0 aliphatic carbocycles. The van der Waals surface area contributed by atoms with E-state index in [-0.39, 0.29) is 6.61 Å². The molecule has 2 heteroatoms. The molecule has 1 unspecified atom stereocenters. The lowest BCUT2D eigenvalue weighted by Gasteiger charge is -1.84. The number of rotatable bonds is 0. The van der Waals surface area contributed by atoms with Crippen LogP contribution in [0.4, 0.5) is 4.39 Å². The van der Waals surface area contributed by atoms with E-state index in [1.54, 1.807) is 0 Å².